The summed E-state index contributed by atoms with van der Waals surface area (Å²) in [7, 11) is 0. The summed E-state index contributed by atoms with van der Waals surface area (Å²) in [4.78, 5) is 2.89. The average Bonchev–Trinajstić information content (AvgIpc) is 2.70. The number of aryl methyl sites for hydroxylation is 1. The van der Waals surface area contributed by atoms with Gasteiger partial charge in [0.15, 0.2) is 0 Å². The Kier molecular flexibility index (Phi) is 5.98. The lowest BCUT2D eigenvalue weighted by atomic mass is 9.85. The summed E-state index contributed by atoms with van der Waals surface area (Å²) >= 11 is 7.78. The molecule has 1 nitrogen and oxygen atoms in total. The van der Waals surface area contributed by atoms with Crippen LogP contribution in [0.15, 0.2) is 12.1 Å². The van der Waals surface area contributed by atoms with E-state index >= 15 is 0 Å². The van der Waals surface area contributed by atoms with E-state index in [1.807, 2.05) is 11.3 Å². The van der Waals surface area contributed by atoms with Gasteiger partial charge in [0.2, 0.25) is 0 Å². The summed E-state index contributed by atoms with van der Waals surface area (Å²) in [5.74, 6) is 0.722. The Labute approximate surface area is 115 Å². The molecule has 0 amide bonds. The molecule has 0 aliphatic rings. The van der Waals surface area contributed by atoms with Crippen molar-refractivity contribution in [2.75, 3.05) is 5.88 Å². The number of nitrogens with one attached hydrogen (secondary N) is 1. The van der Waals surface area contributed by atoms with Crippen LogP contribution in [0.2, 0.25) is 0 Å². The lowest BCUT2D eigenvalue weighted by Gasteiger charge is -2.31. The van der Waals surface area contributed by atoms with Gasteiger partial charge >= 0.3 is 0 Å². The van der Waals surface area contributed by atoms with Gasteiger partial charge in [-0.15, -0.1) is 22.9 Å². The molecule has 0 saturated heterocycles. The topological polar surface area (TPSA) is 12.0 Å². The van der Waals surface area contributed by atoms with Gasteiger partial charge < -0.3 is 5.32 Å². The van der Waals surface area contributed by atoms with Crippen molar-refractivity contribution in [3.63, 3.8) is 0 Å². The van der Waals surface area contributed by atoms with Gasteiger partial charge in [0.05, 0.1) is 0 Å². The maximum Gasteiger partial charge on any atom is 0.0302 e. The molecule has 0 fully saturated rings. The van der Waals surface area contributed by atoms with Crippen molar-refractivity contribution in [1.29, 1.82) is 0 Å². The fraction of sp³-hybridized carbons (Fsp3) is 0.714. The number of halogens is 1. The second kappa shape index (κ2) is 6.77. The van der Waals surface area contributed by atoms with Gasteiger partial charge in [-0.25, -0.2) is 0 Å². The van der Waals surface area contributed by atoms with Crippen LogP contribution in [0, 0.1) is 5.41 Å². The minimum Gasteiger partial charge on any atom is -0.309 e. The monoisotopic (exact) mass is 273 g/mol. The highest BCUT2D eigenvalue weighted by Crippen LogP contribution is 2.23. The van der Waals surface area contributed by atoms with E-state index in [2.05, 4.69) is 45.1 Å². The Morgan fingerprint density at radius 3 is 2.41 bits per heavy atom. The third kappa shape index (κ3) is 4.99. The lowest BCUT2D eigenvalue weighted by Crippen LogP contribution is -2.40. The summed E-state index contributed by atoms with van der Waals surface area (Å²) < 4.78 is 0. The van der Waals surface area contributed by atoms with Crippen molar-refractivity contribution in [1.82, 2.24) is 5.32 Å². The van der Waals surface area contributed by atoms with Crippen LogP contribution in [-0.2, 0) is 13.0 Å². The van der Waals surface area contributed by atoms with E-state index in [4.69, 9.17) is 11.6 Å². The molecular formula is C14H24ClNS. The SMILES string of the molecule is CCc1ccc(CNC(CCCl)C(C)(C)C)s1. The molecule has 0 aliphatic heterocycles. The van der Waals surface area contributed by atoms with E-state index in [-0.39, 0.29) is 5.41 Å². The first kappa shape index (κ1) is 15.0. The number of thiophene rings is 1. The molecule has 1 unspecified atom stereocenters. The Hall–Kier alpha value is -0.0500. The van der Waals surface area contributed by atoms with Crippen LogP contribution in [0.4, 0.5) is 0 Å². The van der Waals surface area contributed by atoms with E-state index in [1.54, 1.807) is 0 Å². The smallest absolute Gasteiger partial charge is 0.0302 e. The lowest BCUT2D eigenvalue weighted by molar-refractivity contribution is 0.261. The zero-order chi connectivity index (χ0) is 12.9. The number of hydrogen-bond acceptors (Lipinski definition) is 2. The van der Waals surface area contributed by atoms with E-state index in [0.717, 1.165) is 25.3 Å². The van der Waals surface area contributed by atoms with Gasteiger partial charge in [0, 0.05) is 28.2 Å². The van der Waals surface area contributed by atoms with Crippen molar-refractivity contribution in [2.24, 2.45) is 5.41 Å². The molecule has 0 radical (unpaired) electrons. The average molecular weight is 274 g/mol. The second-order valence-electron chi connectivity index (χ2n) is 5.50. The molecule has 0 spiro atoms. The van der Waals surface area contributed by atoms with E-state index in [9.17, 15) is 0 Å². The molecule has 0 bridgehead atoms. The maximum absolute atomic E-state index is 5.87. The van der Waals surface area contributed by atoms with Gasteiger partial charge in [0.1, 0.15) is 0 Å². The molecule has 17 heavy (non-hydrogen) atoms. The van der Waals surface area contributed by atoms with Gasteiger partial charge in [0.25, 0.3) is 0 Å². The summed E-state index contributed by atoms with van der Waals surface area (Å²) in [5, 5.41) is 3.64. The summed E-state index contributed by atoms with van der Waals surface area (Å²) in [5.41, 5.74) is 0.264. The van der Waals surface area contributed by atoms with Crippen LogP contribution >= 0.6 is 22.9 Å². The van der Waals surface area contributed by atoms with Gasteiger partial charge in [-0.2, -0.15) is 0 Å². The third-order valence-corrected chi connectivity index (χ3v) is 4.48. The molecule has 1 aromatic rings. The minimum absolute atomic E-state index is 0.264. The quantitative estimate of drug-likeness (QED) is 0.756. The molecular weight excluding hydrogens is 250 g/mol. The highest BCUT2D eigenvalue weighted by Gasteiger charge is 2.23. The van der Waals surface area contributed by atoms with Crippen LogP contribution in [0.25, 0.3) is 0 Å². The maximum atomic E-state index is 5.87. The van der Waals surface area contributed by atoms with Crippen molar-refractivity contribution in [3.05, 3.63) is 21.9 Å². The molecule has 0 aliphatic carbocycles. The number of alkyl halides is 1. The number of hydrogen-bond donors (Lipinski definition) is 1. The fourth-order valence-corrected chi connectivity index (χ4v) is 3.01. The molecule has 0 saturated carbocycles. The van der Waals surface area contributed by atoms with Crippen LogP contribution in [0.1, 0.15) is 43.9 Å². The van der Waals surface area contributed by atoms with E-state index in [1.165, 1.54) is 9.75 Å². The van der Waals surface area contributed by atoms with Crippen molar-refractivity contribution in [2.45, 2.75) is 53.1 Å². The van der Waals surface area contributed by atoms with Crippen molar-refractivity contribution >= 4 is 22.9 Å². The van der Waals surface area contributed by atoms with Gasteiger partial charge in [-0.05, 0) is 30.4 Å². The minimum atomic E-state index is 0.264. The zero-order valence-corrected chi connectivity index (χ0v) is 12.9. The van der Waals surface area contributed by atoms with E-state index < -0.39 is 0 Å². The predicted octanol–water partition coefficient (Wildman–Crippen LogP) is 4.44. The first-order valence-corrected chi connectivity index (χ1v) is 7.69. The Morgan fingerprint density at radius 1 is 1.29 bits per heavy atom. The molecule has 1 N–H and O–H groups in total. The van der Waals surface area contributed by atoms with Gasteiger partial charge in [-0.1, -0.05) is 27.7 Å². The Morgan fingerprint density at radius 2 is 1.94 bits per heavy atom. The van der Waals surface area contributed by atoms with Crippen LogP contribution in [0.5, 0.6) is 0 Å². The van der Waals surface area contributed by atoms with Crippen LogP contribution < -0.4 is 5.32 Å². The second-order valence-corrected chi connectivity index (χ2v) is 7.13. The Bertz CT molecular complexity index is 327. The van der Waals surface area contributed by atoms with Crippen molar-refractivity contribution in [3.8, 4) is 0 Å². The molecule has 1 aromatic heterocycles. The molecule has 1 rings (SSSR count). The van der Waals surface area contributed by atoms with E-state index in [0.29, 0.717) is 6.04 Å². The molecule has 98 valence electrons. The predicted molar refractivity (Wildman–Crippen MR) is 79.1 cm³/mol. The highest BCUT2D eigenvalue weighted by atomic mass is 35.5. The number of rotatable bonds is 6. The first-order valence-electron chi connectivity index (χ1n) is 6.34. The van der Waals surface area contributed by atoms with Crippen LogP contribution in [0.3, 0.4) is 0 Å². The normalized spacial score (nSPS) is 13.9. The molecule has 1 heterocycles. The highest BCUT2D eigenvalue weighted by molar-refractivity contribution is 7.11. The summed E-state index contributed by atoms with van der Waals surface area (Å²) in [6.45, 7) is 9.97. The fourth-order valence-electron chi connectivity index (χ4n) is 1.88. The van der Waals surface area contributed by atoms with Crippen LogP contribution in [-0.4, -0.2) is 11.9 Å². The largest absolute Gasteiger partial charge is 0.309 e. The first-order chi connectivity index (χ1) is 7.97. The Balaban J connectivity index is 2.51. The molecule has 0 aromatic carbocycles. The summed E-state index contributed by atoms with van der Waals surface area (Å²) in [6.07, 6.45) is 2.16. The van der Waals surface area contributed by atoms with Crippen molar-refractivity contribution < 1.29 is 0 Å². The molecule has 3 heteroatoms. The standard InChI is InChI=1S/C14H24ClNS/c1-5-11-6-7-12(17-11)10-16-13(8-9-15)14(2,3)4/h6-7,13,16H,5,8-10H2,1-4H3. The zero-order valence-electron chi connectivity index (χ0n) is 11.3. The van der Waals surface area contributed by atoms with Gasteiger partial charge in [-0.3, -0.25) is 0 Å². The summed E-state index contributed by atoms with van der Waals surface area (Å²) in [6, 6.07) is 4.94. The third-order valence-electron chi connectivity index (χ3n) is 3.03. The molecule has 1 atom stereocenters.